The van der Waals surface area contributed by atoms with Gasteiger partial charge in [0.2, 0.25) is 5.91 Å². The van der Waals surface area contributed by atoms with Gasteiger partial charge in [0.15, 0.2) is 11.8 Å². The van der Waals surface area contributed by atoms with E-state index >= 15 is 0 Å². The van der Waals surface area contributed by atoms with Crippen molar-refractivity contribution in [2.45, 2.75) is 35.9 Å². The second-order valence-corrected chi connectivity index (χ2v) is 8.73. The number of carbonyl (C=O) groups excluding carboxylic acids is 3. The Morgan fingerprint density at radius 2 is 1.92 bits per heavy atom. The fourth-order valence-corrected chi connectivity index (χ4v) is 5.63. The number of aliphatic imine (C=N–C) groups is 1. The van der Waals surface area contributed by atoms with Crippen molar-refractivity contribution in [2.24, 2.45) is 16.8 Å². The molecule has 5 atom stereocenters. The van der Waals surface area contributed by atoms with Crippen LogP contribution in [0.4, 0.5) is 0 Å². The summed E-state index contributed by atoms with van der Waals surface area (Å²) in [5.41, 5.74) is 0.685. The molecule has 1 saturated heterocycles. The Morgan fingerprint density at radius 3 is 2.46 bits per heavy atom. The molecule has 2 fully saturated rings. The van der Waals surface area contributed by atoms with Crippen molar-refractivity contribution in [1.82, 2.24) is 5.32 Å². The van der Waals surface area contributed by atoms with Gasteiger partial charge in [0.25, 0.3) is 0 Å². The summed E-state index contributed by atoms with van der Waals surface area (Å²) in [5, 5.41) is 13.9. The van der Waals surface area contributed by atoms with Crippen LogP contribution in [0.2, 0.25) is 0 Å². The molecule has 1 N–H and O–H groups in total. The maximum absolute atomic E-state index is 12.6. The molecule has 1 unspecified atom stereocenters. The van der Waals surface area contributed by atoms with E-state index < -0.39 is 40.5 Å². The summed E-state index contributed by atoms with van der Waals surface area (Å²) in [7, 11) is 0. The predicted octanol–water partition coefficient (Wildman–Crippen LogP) is -2.62. The molecule has 26 heavy (non-hydrogen) atoms. The molecule has 1 aliphatic carbocycles. The van der Waals surface area contributed by atoms with Crippen LogP contribution in [-0.2, 0) is 14.4 Å². The molecular weight excluding hydrogens is 363 g/mol. The third-order valence-corrected chi connectivity index (χ3v) is 6.66. The SMILES string of the molecule is C=N[C@@H](C(=O)N[C@@H]1C(=O)C2[C@@H](C(=O)[O-])C(C)(C)S[C@@H]21)c1ccccc1.[Na+]. The van der Waals surface area contributed by atoms with Gasteiger partial charge >= 0.3 is 29.6 Å². The molecule has 1 aromatic carbocycles. The van der Waals surface area contributed by atoms with E-state index in [9.17, 15) is 19.5 Å². The third-order valence-electron chi connectivity index (χ3n) is 4.96. The van der Waals surface area contributed by atoms with Crippen LogP contribution in [0.5, 0.6) is 0 Å². The van der Waals surface area contributed by atoms with Crippen LogP contribution >= 0.6 is 11.8 Å². The van der Waals surface area contributed by atoms with Gasteiger partial charge in [-0.2, -0.15) is 0 Å². The van der Waals surface area contributed by atoms with Gasteiger partial charge in [0.05, 0.1) is 0 Å². The molecule has 1 amide bonds. The number of amides is 1. The Hall–Kier alpha value is -1.15. The molecule has 0 radical (unpaired) electrons. The standard InChI is InChI=1S/C18H20N2O4S.Na/c1-18(2)11(17(23)24)10-14(21)13(15(10)25-18)20-16(22)12(19-3)9-7-5-4-6-8-9;/h4-8,10-13,15H,3H2,1-2H3,(H,20,22)(H,23,24);/q;+1/p-1/t10?,11-,12+,13+,15-;/m0./s1. The first-order chi connectivity index (χ1) is 11.8. The topological polar surface area (TPSA) is 98.7 Å². The van der Waals surface area contributed by atoms with E-state index in [0.717, 1.165) is 0 Å². The minimum absolute atomic E-state index is 0. The van der Waals surface area contributed by atoms with E-state index in [-0.39, 0.29) is 40.6 Å². The molecule has 132 valence electrons. The quantitative estimate of drug-likeness (QED) is 0.444. The molecule has 1 saturated carbocycles. The molecule has 0 aromatic heterocycles. The number of benzene rings is 1. The van der Waals surface area contributed by atoms with Gasteiger partial charge in [0.1, 0.15) is 6.04 Å². The molecule has 8 heteroatoms. The Labute approximate surface area is 178 Å². The fraction of sp³-hybridized carbons (Fsp3) is 0.444. The maximum Gasteiger partial charge on any atom is 1.00 e. The number of aliphatic carboxylic acids is 1. The number of carboxylic acids is 1. The van der Waals surface area contributed by atoms with Crippen LogP contribution in [0.1, 0.15) is 25.5 Å². The van der Waals surface area contributed by atoms with E-state index in [0.29, 0.717) is 5.56 Å². The molecule has 6 nitrogen and oxygen atoms in total. The largest absolute Gasteiger partial charge is 1.00 e. The van der Waals surface area contributed by atoms with Crippen LogP contribution in [-0.4, -0.2) is 40.4 Å². The van der Waals surface area contributed by atoms with Gasteiger partial charge in [-0.05, 0) is 12.3 Å². The molecule has 1 aliphatic heterocycles. The second-order valence-electron chi connectivity index (χ2n) is 6.89. The molecular formula is C18H19N2NaO4S. The van der Waals surface area contributed by atoms with Crippen molar-refractivity contribution in [3.05, 3.63) is 35.9 Å². The van der Waals surface area contributed by atoms with Crippen molar-refractivity contribution >= 4 is 36.1 Å². The number of carboxylic acid groups (broad SMARTS) is 1. The minimum atomic E-state index is -1.21. The summed E-state index contributed by atoms with van der Waals surface area (Å²) in [5.74, 6) is -3.32. The van der Waals surface area contributed by atoms with Crippen LogP contribution in [0.25, 0.3) is 0 Å². The Morgan fingerprint density at radius 1 is 1.31 bits per heavy atom. The zero-order valence-corrected chi connectivity index (χ0v) is 17.8. The number of nitrogens with one attached hydrogen (secondary N) is 1. The average molecular weight is 382 g/mol. The normalized spacial score (nSPS) is 29.5. The minimum Gasteiger partial charge on any atom is -0.550 e. The summed E-state index contributed by atoms with van der Waals surface area (Å²) < 4.78 is -0.612. The molecule has 0 spiro atoms. The predicted molar refractivity (Wildman–Crippen MR) is 93.1 cm³/mol. The number of nitrogens with zero attached hydrogens (tertiary/aromatic N) is 1. The number of hydrogen-bond donors (Lipinski definition) is 1. The van der Waals surface area contributed by atoms with Crippen molar-refractivity contribution < 1.29 is 49.0 Å². The summed E-state index contributed by atoms with van der Waals surface area (Å²) in [4.78, 5) is 40.3. The van der Waals surface area contributed by atoms with E-state index in [1.54, 1.807) is 38.1 Å². The van der Waals surface area contributed by atoms with Gasteiger partial charge in [-0.15, -0.1) is 11.8 Å². The molecule has 2 aliphatic rings. The molecule has 3 rings (SSSR count). The third kappa shape index (κ3) is 3.50. The molecule has 1 aromatic rings. The van der Waals surface area contributed by atoms with Crippen molar-refractivity contribution in [1.29, 1.82) is 0 Å². The average Bonchev–Trinajstić information content (AvgIpc) is 2.82. The van der Waals surface area contributed by atoms with Gasteiger partial charge in [-0.25, -0.2) is 0 Å². The van der Waals surface area contributed by atoms with Crippen molar-refractivity contribution in [3.63, 3.8) is 0 Å². The van der Waals surface area contributed by atoms with Gasteiger partial charge < -0.3 is 15.2 Å². The van der Waals surface area contributed by atoms with Gasteiger partial charge in [0, 0.05) is 27.8 Å². The summed E-state index contributed by atoms with van der Waals surface area (Å²) in [6.45, 7) is 7.05. The second kappa shape index (κ2) is 7.84. The summed E-state index contributed by atoms with van der Waals surface area (Å²) in [6.07, 6.45) is 0. The Kier molecular flexibility index (Phi) is 6.38. The number of thioether (sulfide) groups is 1. The number of Topliss-reactive ketones (excluding diaryl/α,β-unsaturated/α-hetero) is 1. The van der Waals surface area contributed by atoms with Crippen molar-refractivity contribution in [3.8, 4) is 0 Å². The van der Waals surface area contributed by atoms with Crippen molar-refractivity contribution in [2.75, 3.05) is 0 Å². The maximum atomic E-state index is 12.6. The number of rotatable bonds is 5. The van der Waals surface area contributed by atoms with Gasteiger partial charge in [-0.3, -0.25) is 14.6 Å². The first kappa shape index (κ1) is 21.2. The monoisotopic (exact) mass is 382 g/mol. The van der Waals surface area contributed by atoms with Crippen LogP contribution in [0.3, 0.4) is 0 Å². The first-order valence-electron chi connectivity index (χ1n) is 8.01. The van der Waals surface area contributed by atoms with E-state index in [1.165, 1.54) is 11.8 Å². The zero-order valence-electron chi connectivity index (χ0n) is 15.0. The smallest absolute Gasteiger partial charge is 0.550 e. The van der Waals surface area contributed by atoms with E-state index in [2.05, 4.69) is 17.0 Å². The Balaban J connectivity index is 0.00000243. The van der Waals surface area contributed by atoms with Crippen LogP contribution in [0, 0.1) is 11.8 Å². The van der Waals surface area contributed by atoms with E-state index in [4.69, 9.17) is 0 Å². The molecule has 1 heterocycles. The number of carbonyl (C=O) groups is 3. The van der Waals surface area contributed by atoms with E-state index in [1.807, 2.05) is 6.07 Å². The summed E-state index contributed by atoms with van der Waals surface area (Å²) in [6, 6.07) is 7.46. The number of fused-ring (bicyclic) bond motifs is 1. The summed E-state index contributed by atoms with van der Waals surface area (Å²) >= 11 is 1.42. The van der Waals surface area contributed by atoms with Crippen LogP contribution < -0.4 is 40.0 Å². The fourth-order valence-electron chi connectivity index (χ4n) is 3.76. The number of ketones is 1. The number of hydrogen-bond acceptors (Lipinski definition) is 6. The zero-order chi connectivity index (χ0) is 18.4. The molecule has 0 bridgehead atoms. The van der Waals surface area contributed by atoms with Crippen LogP contribution in [0.15, 0.2) is 35.3 Å². The first-order valence-corrected chi connectivity index (χ1v) is 8.89. The Bertz CT molecular complexity index is 740. The van der Waals surface area contributed by atoms with Gasteiger partial charge in [-0.1, -0.05) is 44.2 Å².